The third-order valence-electron chi connectivity index (χ3n) is 5.23. The Kier molecular flexibility index (Phi) is 9.11. The van der Waals surface area contributed by atoms with Crippen LogP contribution in [0.25, 0.3) is 0 Å². The van der Waals surface area contributed by atoms with Gasteiger partial charge in [-0.15, -0.1) is 24.0 Å². The molecule has 2 N–H and O–H groups in total. The normalized spacial score (nSPS) is 19.1. The zero-order valence-corrected chi connectivity index (χ0v) is 18.7. The molecule has 1 aromatic carbocycles. The first-order valence-electron chi connectivity index (χ1n) is 9.53. The number of guanidine groups is 1. The number of nitrogens with one attached hydrogen (secondary N) is 2. The maximum absolute atomic E-state index is 5.98. The molecule has 6 nitrogen and oxygen atoms in total. The lowest BCUT2D eigenvalue weighted by Crippen LogP contribution is -2.50. The summed E-state index contributed by atoms with van der Waals surface area (Å²) in [4.78, 5) is 4.33. The second-order valence-electron chi connectivity index (χ2n) is 7.14. The predicted octanol–water partition coefficient (Wildman–Crippen LogP) is 2.95. The van der Waals surface area contributed by atoms with Gasteiger partial charge in [0.25, 0.3) is 0 Å². The molecule has 0 bridgehead atoms. The van der Waals surface area contributed by atoms with Gasteiger partial charge in [0.1, 0.15) is 5.75 Å². The van der Waals surface area contributed by atoms with Gasteiger partial charge < -0.3 is 24.8 Å². The summed E-state index contributed by atoms with van der Waals surface area (Å²) >= 11 is 0. The van der Waals surface area contributed by atoms with E-state index in [1.165, 1.54) is 12.8 Å². The molecule has 0 spiro atoms. The molecular weight excluding hydrogens is 457 g/mol. The van der Waals surface area contributed by atoms with E-state index in [2.05, 4.69) is 21.7 Å². The minimum Gasteiger partial charge on any atom is -0.493 e. The van der Waals surface area contributed by atoms with E-state index in [1.54, 1.807) is 14.2 Å². The van der Waals surface area contributed by atoms with Crippen molar-refractivity contribution in [3.63, 3.8) is 0 Å². The van der Waals surface area contributed by atoms with Crippen LogP contribution in [0.4, 0.5) is 0 Å². The lowest BCUT2D eigenvalue weighted by Gasteiger charge is -2.36. The molecule has 2 fully saturated rings. The molecule has 1 saturated heterocycles. The van der Waals surface area contributed by atoms with E-state index in [-0.39, 0.29) is 29.6 Å². The summed E-state index contributed by atoms with van der Waals surface area (Å²) in [5.41, 5.74) is 0.963. The largest absolute Gasteiger partial charge is 0.493 e. The number of hydrogen-bond donors (Lipinski definition) is 2. The van der Waals surface area contributed by atoms with Crippen molar-refractivity contribution in [2.45, 2.75) is 37.8 Å². The van der Waals surface area contributed by atoms with E-state index < -0.39 is 0 Å². The van der Waals surface area contributed by atoms with Crippen LogP contribution in [0.15, 0.2) is 29.3 Å². The highest BCUT2D eigenvalue weighted by molar-refractivity contribution is 14.0. The van der Waals surface area contributed by atoms with Crippen LogP contribution in [-0.2, 0) is 16.0 Å². The lowest BCUT2D eigenvalue weighted by atomic mass is 9.94. The van der Waals surface area contributed by atoms with Crippen molar-refractivity contribution < 1.29 is 14.2 Å². The summed E-state index contributed by atoms with van der Waals surface area (Å²) in [7, 11) is 3.56. The topological polar surface area (TPSA) is 64.1 Å². The maximum atomic E-state index is 5.98. The van der Waals surface area contributed by atoms with Gasteiger partial charge in [0.05, 0.1) is 12.2 Å². The van der Waals surface area contributed by atoms with Gasteiger partial charge in [0.15, 0.2) is 5.96 Å². The standard InChI is InChI=1S/C20H31N3O3.HI/c1-21-19(23-15-20(24-2)9-11-25-12-10-20)22-13-17-5-3-4-6-18(17)26-14-16-7-8-16;/h3-6,16H,7-15H2,1-2H3,(H2,21,22,23);1H. The maximum Gasteiger partial charge on any atom is 0.191 e. The Morgan fingerprint density at radius 2 is 1.96 bits per heavy atom. The van der Waals surface area contributed by atoms with Crippen molar-refractivity contribution in [2.24, 2.45) is 10.9 Å². The van der Waals surface area contributed by atoms with E-state index in [0.717, 1.165) is 55.9 Å². The van der Waals surface area contributed by atoms with Crippen molar-refractivity contribution in [3.05, 3.63) is 29.8 Å². The highest BCUT2D eigenvalue weighted by Gasteiger charge is 2.32. The summed E-state index contributed by atoms with van der Waals surface area (Å²) in [6.07, 6.45) is 4.38. The Morgan fingerprint density at radius 1 is 1.22 bits per heavy atom. The Morgan fingerprint density at radius 3 is 2.63 bits per heavy atom. The molecule has 152 valence electrons. The van der Waals surface area contributed by atoms with Crippen LogP contribution in [0.3, 0.4) is 0 Å². The fourth-order valence-electron chi connectivity index (χ4n) is 3.12. The molecular formula is C20H32IN3O3. The Balaban J connectivity index is 0.00000261. The first kappa shape index (κ1) is 22.2. The molecule has 1 saturated carbocycles. The highest BCUT2D eigenvalue weighted by Crippen LogP contribution is 2.30. The summed E-state index contributed by atoms with van der Waals surface area (Å²) in [5.74, 6) is 2.47. The zero-order valence-electron chi connectivity index (χ0n) is 16.3. The van der Waals surface area contributed by atoms with Crippen molar-refractivity contribution in [1.82, 2.24) is 10.6 Å². The van der Waals surface area contributed by atoms with Gasteiger partial charge in [0, 0.05) is 58.9 Å². The van der Waals surface area contributed by atoms with Crippen LogP contribution in [-0.4, -0.2) is 52.1 Å². The molecule has 0 atom stereocenters. The molecule has 0 amide bonds. The molecule has 1 heterocycles. The van der Waals surface area contributed by atoms with Crippen molar-refractivity contribution in [3.8, 4) is 5.75 Å². The van der Waals surface area contributed by atoms with Gasteiger partial charge in [-0.2, -0.15) is 0 Å². The Labute approximate surface area is 179 Å². The number of benzene rings is 1. The number of aliphatic imine (C=N–C) groups is 1. The molecule has 7 heteroatoms. The fraction of sp³-hybridized carbons (Fsp3) is 0.650. The fourth-order valence-corrected chi connectivity index (χ4v) is 3.12. The summed E-state index contributed by atoms with van der Waals surface area (Å²) in [5, 5.41) is 6.78. The van der Waals surface area contributed by atoms with Gasteiger partial charge in [-0.3, -0.25) is 4.99 Å². The van der Waals surface area contributed by atoms with Crippen molar-refractivity contribution >= 4 is 29.9 Å². The molecule has 1 aliphatic heterocycles. The molecule has 1 aromatic rings. The number of methoxy groups -OCH3 is 1. The van der Waals surface area contributed by atoms with Crippen LogP contribution < -0.4 is 15.4 Å². The molecule has 3 rings (SSSR count). The van der Waals surface area contributed by atoms with E-state index >= 15 is 0 Å². The van der Waals surface area contributed by atoms with Gasteiger partial charge in [-0.1, -0.05) is 18.2 Å². The van der Waals surface area contributed by atoms with Gasteiger partial charge >= 0.3 is 0 Å². The lowest BCUT2D eigenvalue weighted by molar-refractivity contribution is -0.0855. The first-order chi connectivity index (χ1) is 12.7. The minimum absolute atomic E-state index is 0. The number of para-hydroxylation sites is 1. The summed E-state index contributed by atoms with van der Waals surface area (Å²) in [6.45, 7) is 3.69. The van der Waals surface area contributed by atoms with Crippen LogP contribution in [0.1, 0.15) is 31.2 Å². The summed E-state index contributed by atoms with van der Waals surface area (Å²) < 4.78 is 17.2. The number of nitrogens with zero attached hydrogens (tertiary/aromatic N) is 1. The predicted molar refractivity (Wildman–Crippen MR) is 118 cm³/mol. The third-order valence-corrected chi connectivity index (χ3v) is 5.23. The van der Waals surface area contributed by atoms with Crippen LogP contribution in [0, 0.1) is 5.92 Å². The quantitative estimate of drug-likeness (QED) is 0.334. The van der Waals surface area contributed by atoms with E-state index in [1.807, 2.05) is 18.2 Å². The summed E-state index contributed by atoms with van der Waals surface area (Å²) in [6, 6.07) is 8.20. The smallest absolute Gasteiger partial charge is 0.191 e. The van der Waals surface area contributed by atoms with Crippen LogP contribution in [0.5, 0.6) is 5.75 Å². The second kappa shape index (κ2) is 11.1. The minimum atomic E-state index is -0.179. The zero-order chi connectivity index (χ0) is 18.2. The molecule has 2 aliphatic rings. The van der Waals surface area contributed by atoms with Crippen LogP contribution in [0.2, 0.25) is 0 Å². The number of rotatable bonds is 8. The number of ether oxygens (including phenoxy) is 3. The first-order valence-corrected chi connectivity index (χ1v) is 9.53. The van der Waals surface area contributed by atoms with E-state index in [9.17, 15) is 0 Å². The average Bonchev–Trinajstić information content (AvgIpc) is 3.52. The average molecular weight is 489 g/mol. The van der Waals surface area contributed by atoms with Crippen LogP contribution >= 0.6 is 24.0 Å². The number of hydrogen-bond acceptors (Lipinski definition) is 4. The Bertz CT molecular complexity index is 602. The third kappa shape index (κ3) is 6.80. The van der Waals surface area contributed by atoms with Gasteiger partial charge in [-0.25, -0.2) is 0 Å². The van der Waals surface area contributed by atoms with E-state index in [0.29, 0.717) is 13.1 Å². The number of halogens is 1. The second-order valence-corrected chi connectivity index (χ2v) is 7.14. The highest BCUT2D eigenvalue weighted by atomic mass is 127. The van der Waals surface area contributed by atoms with Gasteiger partial charge in [-0.05, 0) is 24.8 Å². The van der Waals surface area contributed by atoms with Crippen molar-refractivity contribution in [2.75, 3.05) is 40.5 Å². The molecule has 0 unspecified atom stereocenters. The molecule has 0 aromatic heterocycles. The molecule has 27 heavy (non-hydrogen) atoms. The molecule has 0 radical (unpaired) electrons. The Hall–Kier alpha value is -1.06. The monoisotopic (exact) mass is 489 g/mol. The molecule has 1 aliphatic carbocycles. The van der Waals surface area contributed by atoms with Crippen molar-refractivity contribution in [1.29, 1.82) is 0 Å². The van der Waals surface area contributed by atoms with E-state index in [4.69, 9.17) is 14.2 Å². The van der Waals surface area contributed by atoms with Gasteiger partial charge in [0.2, 0.25) is 0 Å². The SMILES string of the molecule is CN=C(NCc1ccccc1OCC1CC1)NCC1(OC)CCOCC1.I.